The van der Waals surface area contributed by atoms with Crippen molar-refractivity contribution in [2.24, 2.45) is 23.0 Å². The lowest BCUT2D eigenvalue weighted by molar-refractivity contribution is -0.110. The molecule has 4 aliphatic heterocycles. The first-order chi connectivity index (χ1) is 19.1. The van der Waals surface area contributed by atoms with Gasteiger partial charge in [0.1, 0.15) is 24.5 Å². The van der Waals surface area contributed by atoms with E-state index in [0.717, 1.165) is 18.4 Å². The molecule has 40 heavy (non-hydrogen) atoms. The Bertz CT molecular complexity index is 856. The number of nitrogens with one attached hydrogen (secondary N) is 5. The summed E-state index contributed by atoms with van der Waals surface area (Å²) < 4.78 is 6.35. The van der Waals surface area contributed by atoms with Crippen LogP contribution in [-0.2, 0) is 4.74 Å². The summed E-state index contributed by atoms with van der Waals surface area (Å²) in [5.41, 5.74) is 6.62. The molecule has 0 aromatic rings. The highest BCUT2D eigenvalue weighted by molar-refractivity contribution is 5.03. The summed E-state index contributed by atoms with van der Waals surface area (Å²) in [5, 5.41) is 39.8. The number of fused-ring (bicyclic) bond motifs is 2. The van der Waals surface area contributed by atoms with E-state index >= 15 is 0 Å². The van der Waals surface area contributed by atoms with Gasteiger partial charge in [-0.1, -0.05) is 27.7 Å². The zero-order chi connectivity index (χ0) is 28.2. The van der Waals surface area contributed by atoms with Crippen LogP contribution in [0.15, 0.2) is 0 Å². The molecule has 0 spiro atoms. The van der Waals surface area contributed by atoms with Gasteiger partial charge in [0.2, 0.25) is 0 Å². The molecule has 11 heteroatoms. The SMILES string of the molecule is CCN(C[C@H]1O[C@@H](N2CNC3C(N)NCNC32)[C@H](O)[C@@H]1O)C1CC(CCC2NC3CCC(C(C)(C)C)CC3N2)C1. The third kappa shape index (κ3) is 5.86. The molecule has 6 fully saturated rings. The van der Waals surface area contributed by atoms with E-state index < -0.39 is 24.5 Å². The van der Waals surface area contributed by atoms with Gasteiger partial charge in [-0.05, 0) is 68.7 Å². The number of nitrogens with two attached hydrogens (primary N) is 1. The highest BCUT2D eigenvalue weighted by Crippen LogP contribution is 2.40. The largest absolute Gasteiger partial charge is 0.387 e. The Morgan fingerprint density at radius 2 is 1.75 bits per heavy atom. The molecule has 4 saturated heterocycles. The van der Waals surface area contributed by atoms with E-state index in [-0.39, 0.29) is 18.4 Å². The van der Waals surface area contributed by atoms with E-state index in [9.17, 15) is 10.2 Å². The minimum absolute atomic E-state index is 0.0267. The van der Waals surface area contributed by atoms with E-state index in [1.54, 1.807) is 0 Å². The highest BCUT2D eigenvalue weighted by atomic mass is 16.6. The number of aliphatic hydroxyl groups is 2. The second kappa shape index (κ2) is 11.9. The molecule has 0 aromatic heterocycles. The molecule has 0 amide bonds. The number of nitrogens with zero attached hydrogens (tertiary/aromatic N) is 2. The molecule has 11 atom stereocenters. The first-order valence-electron chi connectivity index (χ1n) is 16.1. The van der Waals surface area contributed by atoms with Crippen molar-refractivity contribution in [2.75, 3.05) is 26.4 Å². The van der Waals surface area contributed by atoms with E-state index in [4.69, 9.17) is 10.5 Å². The maximum Gasteiger partial charge on any atom is 0.142 e. The van der Waals surface area contributed by atoms with Crippen molar-refractivity contribution in [1.29, 1.82) is 0 Å². The molecule has 4 heterocycles. The van der Waals surface area contributed by atoms with Crippen LogP contribution in [0.1, 0.15) is 72.6 Å². The molecule has 230 valence electrons. The van der Waals surface area contributed by atoms with Crippen molar-refractivity contribution in [3.05, 3.63) is 0 Å². The summed E-state index contributed by atoms with van der Waals surface area (Å²) >= 11 is 0. The van der Waals surface area contributed by atoms with Gasteiger partial charge in [0.05, 0.1) is 31.2 Å². The number of hydrogen-bond donors (Lipinski definition) is 8. The zero-order valence-corrected chi connectivity index (χ0v) is 25.1. The number of hydrogen-bond acceptors (Lipinski definition) is 11. The topological polar surface area (TPSA) is 142 Å². The Hall–Kier alpha value is -0.440. The molecule has 0 radical (unpaired) electrons. The van der Waals surface area contributed by atoms with Crippen LogP contribution >= 0.6 is 0 Å². The quantitative estimate of drug-likeness (QED) is 0.192. The second-order valence-electron chi connectivity index (χ2n) is 14.6. The smallest absolute Gasteiger partial charge is 0.142 e. The van der Waals surface area contributed by atoms with E-state index in [1.165, 1.54) is 44.9 Å². The van der Waals surface area contributed by atoms with Gasteiger partial charge in [-0.25, -0.2) is 4.90 Å². The molecule has 0 bridgehead atoms. The Kier molecular flexibility index (Phi) is 8.83. The zero-order valence-electron chi connectivity index (χ0n) is 25.1. The lowest BCUT2D eigenvalue weighted by atomic mass is 9.70. The van der Waals surface area contributed by atoms with Crippen molar-refractivity contribution in [1.82, 2.24) is 36.4 Å². The molecule has 7 unspecified atom stereocenters. The van der Waals surface area contributed by atoms with E-state index in [1.807, 2.05) is 0 Å². The van der Waals surface area contributed by atoms with Crippen LogP contribution < -0.4 is 32.3 Å². The summed E-state index contributed by atoms with van der Waals surface area (Å²) in [6.07, 6.45) is 6.29. The van der Waals surface area contributed by atoms with Crippen LogP contribution in [0.3, 0.4) is 0 Å². The van der Waals surface area contributed by atoms with Gasteiger partial charge in [0.15, 0.2) is 0 Å². The Morgan fingerprint density at radius 1 is 0.975 bits per heavy atom. The highest BCUT2D eigenvalue weighted by Gasteiger charge is 2.52. The molecular weight excluding hydrogens is 508 g/mol. The molecule has 2 saturated carbocycles. The third-order valence-electron chi connectivity index (χ3n) is 11.2. The fraction of sp³-hybridized carbons (Fsp3) is 1.00. The normalized spacial score (nSPS) is 47.9. The minimum Gasteiger partial charge on any atom is -0.387 e. The Morgan fingerprint density at radius 3 is 2.50 bits per heavy atom. The lowest BCUT2D eigenvalue weighted by Crippen LogP contribution is -2.68. The standard InChI is InChI=1S/C29H56N8O3/c1-5-36(13-21-24(38)25(39)28(40-21)37-15-33-23-26(30)31-14-32-27(23)37)18-10-16(11-18)6-9-22-34-19-8-7-17(29(2,3)4)12-20(19)35-22/h16-28,31-35,38-39H,5-15,30H2,1-4H3/t16?,17?,18?,19?,20?,21-,22?,23?,24-,25-,26?,27?,28-/m1/s1. The van der Waals surface area contributed by atoms with Gasteiger partial charge < -0.3 is 20.7 Å². The van der Waals surface area contributed by atoms with Gasteiger partial charge in [-0.3, -0.25) is 31.5 Å². The molecular formula is C29H56N8O3. The summed E-state index contributed by atoms with van der Waals surface area (Å²) in [5.74, 6) is 1.58. The first kappa shape index (κ1) is 29.6. The number of rotatable bonds is 8. The molecule has 11 nitrogen and oxygen atoms in total. The van der Waals surface area contributed by atoms with Crippen molar-refractivity contribution in [3.63, 3.8) is 0 Å². The molecule has 6 rings (SSSR count). The molecule has 6 aliphatic rings. The van der Waals surface area contributed by atoms with Gasteiger partial charge >= 0.3 is 0 Å². The maximum atomic E-state index is 10.9. The van der Waals surface area contributed by atoms with Crippen LogP contribution in [-0.4, -0.2) is 114 Å². The monoisotopic (exact) mass is 564 g/mol. The van der Waals surface area contributed by atoms with E-state index in [2.05, 4.69) is 64.1 Å². The molecule has 9 N–H and O–H groups in total. The fourth-order valence-electron chi connectivity index (χ4n) is 8.48. The van der Waals surface area contributed by atoms with Gasteiger partial charge in [0, 0.05) is 31.3 Å². The van der Waals surface area contributed by atoms with Crippen molar-refractivity contribution >= 4 is 0 Å². The average molecular weight is 565 g/mol. The van der Waals surface area contributed by atoms with Crippen molar-refractivity contribution < 1.29 is 14.9 Å². The summed E-state index contributed by atoms with van der Waals surface area (Å²) in [7, 11) is 0. The van der Waals surface area contributed by atoms with Crippen molar-refractivity contribution in [3.8, 4) is 0 Å². The first-order valence-corrected chi connectivity index (χ1v) is 16.1. The van der Waals surface area contributed by atoms with Gasteiger partial charge in [-0.2, -0.15) is 0 Å². The van der Waals surface area contributed by atoms with Crippen LogP contribution in [0, 0.1) is 17.3 Å². The van der Waals surface area contributed by atoms with Crippen LogP contribution in [0.4, 0.5) is 0 Å². The predicted octanol–water partition coefficient (Wildman–Crippen LogP) is -0.591. The van der Waals surface area contributed by atoms with Crippen LogP contribution in [0.5, 0.6) is 0 Å². The Labute approximate surface area is 240 Å². The predicted molar refractivity (Wildman–Crippen MR) is 155 cm³/mol. The second-order valence-corrected chi connectivity index (χ2v) is 14.6. The number of ether oxygens (including phenoxy) is 1. The minimum atomic E-state index is -0.944. The van der Waals surface area contributed by atoms with Crippen LogP contribution in [0.2, 0.25) is 0 Å². The van der Waals surface area contributed by atoms with Gasteiger partial charge in [-0.15, -0.1) is 0 Å². The number of likely N-dealkylation sites (N-methyl/N-ethyl adjacent to an activating group) is 1. The Balaban J connectivity index is 0.941. The fourth-order valence-corrected chi connectivity index (χ4v) is 8.48. The van der Waals surface area contributed by atoms with Crippen molar-refractivity contribution in [2.45, 2.75) is 140 Å². The summed E-state index contributed by atoms with van der Waals surface area (Å²) in [4.78, 5) is 4.52. The molecule has 0 aromatic carbocycles. The summed E-state index contributed by atoms with van der Waals surface area (Å²) in [6.45, 7) is 12.1. The van der Waals surface area contributed by atoms with Gasteiger partial charge in [0.25, 0.3) is 0 Å². The van der Waals surface area contributed by atoms with Crippen LogP contribution in [0.25, 0.3) is 0 Å². The lowest BCUT2D eigenvalue weighted by Gasteiger charge is -2.44. The third-order valence-corrected chi connectivity index (χ3v) is 11.2. The summed E-state index contributed by atoms with van der Waals surface area (Å²) in [6, 6.07) is 1.84. The van der Waals surface area contributed by atoms with E-state index in [0.29, 0.717) is 49.6 Å². The number of aliphatic hydroxyl groups excluding tert-OH is 2. The average Bonchev–Trinajstić information content (AvgIpc) is 3.58. The maximum absolute atomic E-state index is 10.9. The molecule has 2 aliphatic carbocycles.